The van der Waals surface area contributed by atoms with E-state index >= 15 is 0 Å². The van der Waals surface area contributed by atoms with Crippen LogP contribution < -0.4 is 5.32 Å². The minimum Gasteiger partial charge on any atom is -0.354 e. The van der Waals surface area contributed by atoms with Gasteiger partial charge < -0.3 is 10.2 Å². The molecule has 0 heterocycles. The zero-order valence-corrected chi connectivity index (χ0v) is 11.8. The summed E-state index contributed by atoms with van der Waals surface area (Å²) in [5.41, 5.74) is -0.605. The number of hydrogen-bond acceptors (Lipinski definition) is 2. The van der Waals surface area contributed by atoms with E-state index in [0.717, 1.165) is 6.54 Å². The SMILES string of the molecule is CC(C)N(C)CCNC(=O)C1(C)CC1(Cl)Cl. The quantitative estimate of drug-likeness (QED) is 0.773. The van der Waals surface area contributed by atoms with Gasteiger partial charge in [0.25, 0.3) is 0 Å². The number of carbonyl (C=O) groups is 1. The summed E-state index contributed by atoms with van der Waals surface area (Å²) in [5, 5.41) is 2.88. The zero-order valence-electron chi connectivity index (χ0n) is 10.3. The second kappa shape index (κ2) is 4.71. The normalized spacial score (nSPS) is 27.2. The maximum atomic E-state index is 11.8. The Labute approximate surface area is 107 Å². The van der Waals surface area contributed by atoms with E-state index in [4.69, 9.17) is 23.2 Å². The summed E-state index contributed by atoms with van der Waals surface area (Å²) in [6, 6.07) is 0.480. The van der Waals surface area contributed by atoms with E-state index in [1.165, 1.54) is 0 Å². The Morgan fingerprint density at radius 2 is 2.00 bits per heavy atom. The van der Waals surface area contributed by atoms with Crippen LogP contribution in [-0.2, 0) is 4.79 Å². The summed E-state index contributed by atoms with van der Waals surface area (Å²) < 4.78 is -0.874. The van der Waals surface area contributed by atoms with Gasteiger partial charge in [-0.1, -0.05) is 0 Å². The van der Waals surface area contributed by atoms with E-state index in [-0.39, 0.29) is 5.91 Å². The van der Waals surface area contributed by atoms with Crippen molar-refractivity contribution in [3.63, 3.8) is 0 Å². The number of rotatable bonds is 5. The molecule has 0 aromatic carbocycles. The van der Waals surface area contributed by atoms with E-state index in [1.807, 2.05) is 7.05 Å². The molecular weight excluding hydrogens is 247 g/mol. The molecule has 1 saturated carbocycles. The van der Waals surface area contributed by atoms with Crippen molar-refractivity contribution in [1.29, 1.82) is 0 Å². The highest BCUT2D eigenvalue weighted by Gasteiger charge is 2.67. The Kier molecular flexibility index (Phi) is 4.14. The molecule has 1 N–H and O–H groups in total. The lowest BCUT2D eigenvalue weighted by molar-refractivity contribution is -0.125. The molecule has 1 rings (SSSR count). The molecule has 0 saturated heterocycles. The van der Waals surface area contributed by atoms with Crippen LogP contribution in [-0.4, -0.2) is 41.3 Å². The average Bonchev–Trinajstić information content (AvgIpc) is 2.66. The molecular formula is C11H20Cl2N2O. The van der Waals surface area contributed by atoms with Crippen LogP contribution in [0.15, 0.2) is 0 Å². The van der Waals surface area contributed by atoms with Gasteiger partial charge in [-0.2, -0.15) is 0 Å². The predicted molar refractivity (Wildman–Crippen MR) is 67.9 cm³/mol. The maximum absolute atomic E-state index is 11.8. The Morgan fingerprint density at radius 1 is 1.50 bits per heavy atom. The lowest BCUT2D eigenvalue weighted by Crippen LogP contribution is -2.39. The molecule has 1 amide bonds. The molecule has 0 bridgehead atoms. The second-order valence-electron chi connectivity index (χ2n) is 5.04. The first kappa shape index (κ1) is 14.1. The van der Waals surface area contributed by atoms with Gasteiger partial charge in [0.15, 0.2) is 0 Å². The van der Waals surface area contributed by atoms with E-state index in [1.54, 1.807) is 6.92 Å². The zero-order chi connectivity index (χ0) is 12.6. The molecule has 0 aromatic rings. The van der Waals surface area contributed by atoms with Crippen LogP contribution in [0.3, 0.4) is 0 Å². The summed E-state index contributed by atoms with van der Waals surface area (Å²) in [6.07, 6.45) is 0.537. The van der Waals surface area contributed by atoms with Gasteiger partial charge in [0, 0.05) is 19.1 Å². The lowest BCUT2D eigenvalue weighted by Gasteiger charge is -2.21. The predicted octanol–water partition coefficient (Wildman–Crippen LogP) is 2.03. The van der Waals surface area contributed by atoms with Crippen LogP contribution >= 0.6 is 23.2 Å². The van der Waals surface area contributed by atoms with E-state index in [2.05, 4.69) is 24.1 Å². The van der Waals surface area contributed by atoms with Gasteiger partial charge in [0.2, 0.25) is 5.91 Å². The molecule has 0 radical (unpaired) electrons. The third-order valence-electron chi connectivity index (χ3n) is 3.39. The summed E-state index contributed by atoms with van der Waals surface area (Å²) in [4.78, 5) is 14.0. The number of likely N-dealkylation sites (N-methyl/N-ethyl adjacent to an activating group) is 1. The van der Waals surface area contributed by atoms with Gasteiger partial charge in [-0.3, -0.25) is 4.79 Å². The van der Waals surface area contributed by atoms with Crippen molar-refractivity contribution in [3.8, 4) is 0 Å². The Morgan fingerprint density at radius 3 is 2.38 bits per heavy atom. The molecule has 1 atom stereocenters. The van der Waals surface area contributed by atoms with Crippen molar-refractivity contribution in [3.05, 3.63) is 0 Å². The van der Waals surface area contributed by atoms with Gasteiger partial charge in [-0.05, 0) is 34.2 Å². The number of halogens is 2. The van der Waals surface area contributed by atoms with Crippen molar-refractivity contribution in [2.45, 2.75) is 37.6 Å². The van der Waals surface area contributed by atoms with Crippen molar-refractivity contribution < 1.29 is 4.79 Å². The number of amides is 1. The Balaban J connectivity index is 2.28. The molecule has 1 fully saturated rings. The van der Waals surface area contributed by atoms with Crippen LogP contribution in [0.2, 0.25) is 0 Å². The molecule has 16 heavy (non-hydrogen) atoms. The smallest absolute Gasteiger partial charge is 0.229 e. The van der Waals surface area contributed by atoms with Crippen LogP contribution in [0.4, 0.5) is 0 Å². The fraction of sp³-hybridized carbons (Fsp3) is 0.909. The Bertz CT molecular complexity index is 281. The van der Waals surface area contributed by atoms with Crippen molar-refractivity contribution >= 4 is 29.1 Å². The first-order chi connectivity index (χ1) is 7.21. The molecule has 1 aliphatic rings. The molecule has 0 aromatic heterocycles. The first-order valence-corrected chi connectivity index (χ1v) is 6.33. The van der Waals surface area contributed by atoms with E-state index < -0.39 is 9.75 Å². The van der Waals surface area contributed by atoms with Gasteiger partial charge in [-0.25, -0.2) is 0 Å². The number of alkyl halides is 2. The van der Waals surface area contributed by atoms with Gasteiger partial charge in [0.05, 0.1) is 5.41 Å². The minimum atomic E-state index is -0.874. The van der Waals surface area contributed by atoms with Gasteiger partial charge in [-0.15, -0.1) is 23.2 Å². The fourth-order valence-electron chi connectivity index (χ4n) is 1.45. The van der Waals surface area contributed by atoms with Crippen LogP contribution in [0.25, 0.3) is 0 Å². The third kappa shape index (κ3) is 2.82. The minimum absolute atomic E-state index is 0.0466. The van der Waals surface area contributed by atoms with E-state index in [0.29, 0.717) is 19.0 Å². The highest BCUT2D eigenvalue weighted by atomic mass is 35.5. The number of nitrogens with zero attached hydrogens (tertiary/aromatic N) is 1. The topological polar surface area (TPSA) is 32.3 Å². The number of hydrogen-bond donors (Lipinski definition) is 1. The largest absolute Gasteiger partial charge is 0.354 e. The molecule has 5 heteroatoms. The van der Waals surface area contributed by atoms with Crippen molar-refractivity contribution in [2.24, 2.45) is 5.41 Å². The number of carbonyl (C=O) groups excluding carboxylic acids is 1. The van der Waals surface area contributed by atoms with Gasteiger partial charge >= 0.3 is 0 Å². The monoisotopic (exact) mass is 266 g/mol. The summed E-state index contributed by atoms with van der Waals surface area (Å²) in [6.45, 7) is 7.50. The van der Waals surface area contributed by atoms with E-state index in [9.17, 15) is 4.79 Å². The van der Waals surface area contributed by atoms with Crippen LogP contribution in [0.1, 0.15) is 27.2 Å². The van der Waals surface area contributed by atoms with Gasteiger partial charge in [0.1, 0.15) is 4.33 Å². The highest BCUT2D eigenvalue weighted by Crippen LogP contribution is 2.63. The molecule has 1 aliphatic carbocycles. The molecule has 1 unspecified atom stereocenters. The first-order valence-electron chi connectivity index (χ1n) is 5.57. The Hall–Kier alpha value is 0.01000. The standard InChI is InChI=1S/C11H20Cl2N2O/c1-8(2)15(4)6-5-14-9(16)10(3)7-11(10,12)13/h8H,5-7H2,1-4H3,(H,14,16). The summed E-state index contributed by atoms with van der Waals surface area (Å²) in [7, 11) is 2.03. The molecule has 0 aliphatic heterocycles. The molecule has 0 spiro atoms. The van der Waals surface area contributed by atoms with Crippen LogP contribution in [0, 0.1) is 5.41 Å². The lowest BCUT2D eigenvalue weighted by atomic mass is 10.1. The van der Waals surface area contributed by atoms with Crippen LogP contribution in [0.5, 0.6) is 0 Å². The summed E-state index contributed by atoms with van der Waals surface area (Å²) >= 11 is 11.9. The maximum Gasteiger partial charge on any atom is 0.229 e. The average molecular weight is 267 g/mol. The molecule has 3 nitrogen and oxygen atoms in total. The fourth-order valence-corrected chi connectivity index (χ4v) is 2.15. The summed E-state index contributed by atoms with van der Waals surface area (Å²) in [5.74, 6) is -0.0466. The second-order valence-corrected chi connectivity index (χ2v) is 6.53. The van der Waals surface area contributed by atoms with Crippen molar-refractivity contribution in [2.75, 3.05) is 20.1 Å². The van der Waals surface area contributed by atoms with Crippen molar-refractivity contribution in [1.82, 2.24) is 10.2 Å². The highest BCUT2D eigenvalue weighted by molar-refractivity contribution is 6.53. The number of nitrogens with one attached hydrogen (secondary N) is 1. The molecule has 94 valence electrons. The third-order valence-corrected chi connectivity index (χ3v) is 4.49.